The number of aryl methyl sites for hydroxylation is 1. The van der Waals surface area contributed by atoms with Gasteiger partial charge in [0.1, 0.15) is 6.29 Å². The molecule has 0 aromatic heterocycles. The molecule has 1 aromatic rings. The van der Waals surface area contributed by atoms with Gasteiger partial charge in [0, 0.05) is 5.69 Å². The average Bonchev–Trinajstić information content (AvgIpc) is 2.04. The van der Waals surface area contributed by atoms with E-state index in [1.165, 1.54) is 0 Å². The van der Waals surface area contributed by atoms with Gasteiger partial charge in [0.15, 0.2) is 0 Å². The lowest BCUT2D eigenvalue weighted by Gasteiger charge is -2.02. The van der Waals surface area contributed by atoms with E-state index in [4.69, 9.17) is 0 Å². The molecule has 0 saturated heterocycles. The van der Waals surface area contributed by atoms with E-state index < -0.39 is 0 Å². The van der Waals surface area contributed by atoms with Gasteiger partial charge < -0.3 is 10.1 Å². The quantitative estimate of drug-likeness (QED) is 0.562. The molecule has 68 valence electrons. The zero-order valence-corrected chi connectivity index (χ0v) is 7.41. The van der Waals surface area contributed by atoms with Crippen LogP contribution in [0.5, 0.6) is 0 Å². The van der Waals surface area contributed by atoms with Crippen LogP contribution >= 0.6 is 0 Å². The first-order valence-corrected chi connectivity index (χ1v) is 4.02. The maximum Gasteiger partial charge on any atom is 0.231 e. The number of hydrogen-bond donors (Lipinski definition) is 1. The van der Waals surface area contributed by atoms with Crippen LogP contribution in [0.2, 0.25) is 0 Å². The summed E-state index contributed by atoms with van der Waals surface area (Å²) in [6.07, 6.45) is 0.499. The molecular formula is C10H11NO2. The number of hydrogen-bond acceptors (Lipinski definition) is 2. The van der Waals surface area contributed by atoms with E-state index in [0.29, 0.717) is 6.29 Å². The third-order valence-electron chi connectivity index (χ3n) is 1.57. The molecule has 0 aliphatic carbocycles. The number of anilines is 1. The van der Waals surface area contributed by atoms with Crippen LogP contribution in [0.25, 0.3) is 0 Å². The fourth-order valence-corrected chi connectivity index (χ4v) is 1.01. The molecule has 0 aliphatic heterocycles. The summed E-state index contributed by atoms with van der Waals surface area (Å²) in [5.74, 6) is -0.277. The fraction of sp³-hybridized carbons (Fsp3) is 0.200. The lowest BCUT2D eigenvalue weighted by atomic mass is 10.2. The molecule has 0 unspecified atom stereocenters. The van der Waals surface area contributed by atoms with Crippen molar-refractivity contribution in [2.75, 3.05) is 5.32 Å². The Bertz CT molecular complexity index is 320. The van der Waals surface area contributed by atoms with Crippen LogP contribution in [0.1, 0.15) is 12.0 Å². The van der Waals surface area contributed by atoms with Crippen LogP contribution in [0, 0.1) is 6.92 Å². The Morgan fingerprint density at radius 3 is 2.92 bits per heavy atom. The molecule has 0 radical (unpaired) electrons. The van der Waals surface area contributed by atoms with Gasteiger partial charge >= 0.3 is 0 Å². The van der Waals surface area contributed by atoms with Gasteiger partial charge in [-0.05, 0) is 24.6 Å². The lowest BCUT2D eigenvalue weighted by Crippen LogP contribution is -2.11. The van der Waals surface area contributed by atoms with E-state index in [2.05, 4.69) is 5.32 Å². The molecule has 1 rings (SSSR count). The average molecular weight is 177 g/mol. The van der Waals surface area contributed by atoms with E-state index in [9.17, 15) is 9.59 Å². The first-order valence-electron chi connectivity index (χ1n) is 4.02. The predicted octanol–water partition coefficient (Wildman–Crippen LogP) is 1.52. The SMILES string of the molecule is Cc1cccc(NC(=O)CC=O)c1. The molecule has 1 aromatic carbocycles. The van der Waals surface area contributed by atoms with Gasteiger partial charge in [-0.25, -0.2) is 0 Å². The maximum atomic E-state index is 11.0. The second kappa shape index (κ2) is 4.40. The van der Waals surface area contributed by atoms with Crippen molar-refractivity contribution in [1.82, 2.24) is 0 Å². The minimum Gasteiger partial charge on any atom is -0.326 e. The Balaban J connectivity index is 2.63. The Morgan fingerprint density at radius 1 is 1.54 bits per heavy atom. The summed E-state index contributed by atoms with van der Waals surface area (Å²) < 4.78 is 0. The van der Waals surface area contributed by atoms with Crippen LogP contribution in [-0.2, 0) is 9.59 Å². The number of carbonyl (C=O) groups excluding carboxylic acids is 2. The van der Waals surface area contributed by atoms with E-state index in [1.54, 1.807) is 6.07 Å². The van der Waals surface area contributed by atoms with Crippen molar-refractivity contribution in [3.8, 4) is 0 Å². The van der Waals surface area contributed by atoms with Gasteiger partial charge in [0.25, 0.3) is 0 Å². The molecule has 3 nitrogen and oxygen atoms in total. The highest BCUT2D eigenvalue weighted by Gasteiger charge is 1.99. The molecule has 13 heavy (non-hydrogen) atoms. The molecule has 3 heteroatoms. The largest absolute Gasteiger partial charge is 0.326 e. The summed E-state index contributed by atoms with van der Waals surface area (Å²) in [7, 11) is 0. The summed E-state index contributed by atoms with van der Waals surface area (Å²) >= 11 is 0. The van der Waals surface area contributed by atoms with Crippen molar-refractivity contribution >= 4 is 17.9 Å². The van der Waals surface area contributed by atoms with E-state index in [-0.39, 0.29) is 12.3 Å². The van der Waals surface area contributed by atoms with Gasteiger partial charge in [0.05, 0.1) is 6.42 Å². The van der Waals surface area contributed by atoms with Gasteiger partial charge in [-0.15, -0.1) is 0 Å². The van der Waals surface area contributed by atoms with Crippen molar-refractivity contribution in [1.29, 1.82) is 0 Å². The standard InChI is InChI=1S/C10H11NO2/c1-8-3-2-4-9(7-8)11-10(13)5-6-12/h2-4,6-7H,5H2,1H3,(H,11,13). The maximum absolute atomic E-state index is 11.0. The minimum absolute atomic E-state index is 0.0893. The van der Waals surface area contributed by atoms with Crippen LogP contribution in [0.15, 0.2) is 24.3 Å². The van der Waals surface area contributed by atoms with Crippen molar-refractivity contribution < 1.29 is 9.59 Å². The number of amides is 1. The molecule has 0 spiro atoms. The Kier molecular flexibility index (Phi) is 3.20. The Morgan fingerprint density at radius 2 is 2.31 bits per heavy atom. The second-order valence-electron chi connectivity index (χ2n) is 2.79. The van der Waals surface area contributed by atoms with Crippen LogP contribution < -0.4 is 5.32 Å². The van der Waals surface area contributed by atoms with Gasteiger partial charge in [-0.3, -0.25) is 4.79 Å². The molecule has 0 saturated carbocycles. The summed E-state index contributed by atoms with van der Waals surface area (Å²) in [4.78, 5) is 21.0. The monoisotopic (exact) mass is 177 g/mol. The van der Waals surface area contributed by atoms with Crippen LogP contribution in [-0.4, -0.2) is 12.2 Å². The van der Waals surface area contributed by atoms with E-state index in [0.717, 1.165) is 11.3 Å². The number of aldehydes is 1. The van der Waals surface area contributed by atoms with Crippen molar-refractivity contribution in [2.24, 2.45) is 0 Å². The highest BCUT2D eigenvalue weighted by atomic mass is 16.2. The van der Waals surface area contributed by atoms with Crippen molar-refractivity contribution in [3.63, 3.8) is 0 Å². The summed E-state index contributed by atoms with van der Waals surface area (Å²) in [5, 5.41) is 2.61. The van der Waals surface area contributed by atoms with Gasteiger partial charge in [-0.2, -0.15) is 0 Å². The third kappa shape index (κ3) is 3.07. The number of benzene rings is 1. The number of carbonyl (C=O) groups is 2. The normalized spacial score (nSPS) is 9.31. The van der Waals surface area contributed by atoms with Gasteiger partial charge in [0.2, 0.25) is 5.91 Å². The molecule has 0 atom stereocenters. The summed E-state index contributed by atoms with van der Waals surface area (Å²) in [5.41, 5.74) is 1.80. The molecule has 0 aliphatic rings. The van der Waals surface area contributed by atoms with Crippen molar-refractivity contribution in [3.05, 3.63) is 29.8 Å². The fourth-order valence-electron chi connectivity index (χ4n) is 1.01. The Labute approximate surface area is 76.8 Å². The third-order valence-corrected chi connectivity index (χ3v) is 1.57. The summed E-state index contributed by atoms with van der Waals surface area (Å²) in [6.45, 7) is 1.94. The predicted molar refractivity (Wildman–Crippen MR) is 50.5 cm³/mol. The van der Waals surface area contributed by atoms with Crippen molar-refractivity contribution in [2.45, 2.75) is 13.3 Å². The topological polar surface area (TPSA) is 46.2 Å². The second-order valence-corrected chi connectivity index (χ2v) is 2.79. The summed E-state index contributed by atoms with van der Waals surface area (Å²) in [6, 6.07) is 7.43. The lowest BCUT2D eigenvalue weighted by molar-refractivity contribution is -0.119. The number of rotatable bonds is 3. The molecule has 1 N–H and O–H groups in total. The molecule has 0 bridgehead atoms. The van der Waals surface area contributed by atoms with Crippen LogP contribution in [0.4, 0.5) is 5.69 Å². The van der Waals surface area contributed by atoms with Gasteiger partial charge in [-0.1, -0.05) is 12.1 Å². The van der Waals surface area contributed by atoms with E-state index in [1.807, 2.05) is 25.1 Å². The minimum atomic E-state index is -0.277. The number of nitrogens with one attached hydrogen (secondary N) is 1. The first-order chi connectivity index (χ1) is 6.22. The zero-order valence-electron chi connectivity index (χ0n) is 7.41. The highest BCUT2D eigenvalue weighted by Crippen LogP contribution is 2.09. The zero-order chi connectivity index (χ0) is 9.68. The van der Waals surface area contributed by atoms with Crippen LogP contribution in [0.3, 0.4) is 0 Å². The molecule has 1 amide bonds. The Hall–Kier alpha value is -1.64. The smallest absolute Gasteiger partial charge is 0.231 e. The highest BCUT2D eigenvalue weighted by molar-refractivity contribution is 5.97. The molecular weight excluding hydrogens is 166 g/mol. The van der Waals surface area contributed by atoms with E-state index >= 15 is 0 Å². The first kappa shape index (κ1) is 9.45. The molecule has 0 fully saturated rings. The molecule has 0 heterocycles.